The number of thiophene rings is 1. The number of rotatable bonds is 9. The van der Waals surface area contributed by atoms with Crippen LogP contribution in [0.15, 0.2) is 35.3 Å². The smallest absolute Gasteiger partial charge is 0.191 e. The van der Waals surface area contributed by atoms with Gasteiger partial charge in [0.1, 0.15) is 6.10 Å². The van der Waals surface area contributed by atoms with Crippen LogP contribution >= 0.6 is 35.3 Å². The van der Waals surface area contributed by atoms with Crippen LogP contribution in [0.5, 0.6) is 0 Å². The van der Waals surface area contributed by atoms with E-state index in [2.05, 4.69) is 52.6 Å². The number of nitrogens with zero attached hydrogens (tertiary/aromatic N) is 2. The van der Waals surface area contributed by atoms with Gasteiger partial charge in [0.25, 0.3) is 0 Å². The lowest BCUT2D eigenvalue weighted by Crippen LogP contribution is -2.41. The van der Waals surface area contributed by atoms with Crippen LogP contribution < -0.4 is 10.6 Å². The van der Waals surface area contributed by atoms with Crippen molar-refractivity contribution >= 4 is 51.4 Å². The Kier molecular flexibility index (Phi) is 11.1. The quantitative estimate of drug-likeness (QED) is 0.286. The summed E-state index contributed by atoms with van der Waals surface area (Å²) in [6, 6.07) is 10.3. The van der Waals surface area contributed by atoms with Gasteiger partial charge in [-0.1, -0.05) is 32.0 Å². The highest BCUT2D eigenvalue weighted by Gasteiger charge is 2.11. The summed E-state index contributed by atoms with van der Waals surface area (Å²) in [6.07, 6.45) is -0.573. The van der Waals surface area contributed by atoms with Crippen molar-refractivity contribution in [2.75, 3.05) is 39.3 Å². The Morgan fingerprint density at radius 1 is 1.19 bits per heavy atom. The van der Waals surface area contributed by atoms with Crippen LogP contribution in [0.4, 0.5) is 0 Å². The number of nitrogens with one attached hydrogen (secondary N) is 2. The van der Waals surface area contributed by atoms with E-state index in [4.69, 9.17) is 0 Å². The zero-order chi connectivity index (χ0) is 18.1. The van der Waals surface area contributed by atoms with Gasteiger partial charge in [-0.3, -0.25) is 4.99 Å². The average Bonchev–Trinajstić information content (AvgIpc) is 3.07. The topological polar surface area (TPSA) is 59.9 Å². The van der Waals surface area contributed by atoms with Gasteiger partial charge in [0.2, 0.25) is 0 Å². The van der Waals surface area contributed by atoms with Gasteiger partial charge in [-0.2, -0.15) is 0 Å². The van der Waals surface area contributed by atoms with E-state index < -0.39 is 6.10 Å². The fourth-order valence-electron chi connectivity index (χ4n) is 2.65. The number of halogens is 1. The predicted molar refractivity (Wildman–Crippen MR) is 124 cm³/mol. The van der Waals surface area contributed by atoms with Crippen molar-refractivity contribution in [2.45, 2.75) is 26.9 Å². The highest BCUT2D eigenvalue weighted by Crippen LogP contribution is 2.29. The summed E-state index contributed by atoms with van der Waals surface area (Å²) >= 11 is 1.63. The third-order valence-corrected chi connectivity index (χ3v) is 5.37. The molecule has 0 bridgehead atoms. The molecule has 0 fully saturated rings. The molecule has 0 aliphatic carbocycles. The number of fused-ring (bicyclic) bond motifs is 1. The van der Waals surface area contributed by atoms with Gasteiger partial charge in [-0.15, -0.1) is 35.3 Å². The Morgan fingerprint density at radius 2 is 1.92 bits per heavy atom. The number of aliphatic hydroxyl groups is 1. The van der Waals surface area contributed by atoms with E-state index in [1.807, 2.05) is 19.1 Å². The Balaban J connectivity index is 0.00000338. The summed E-state index contributed by atoms with van der Waals surface area (Å²) < 4.78 is 1.20. The predicted octanol–water partition coefficient (Wildman–Crippen LogP) is 3.45. The first kappa shape index (κ1) is 23.1. The first-order valence-corrected chi connectivity index (χ1v) is 9.90. The molecule has 0 saturated heterocycles. The highest BCUT2D eigenvalue weighted by molar-refractivity contribution is 14.0. The largest absolute Gasteiger partial charge is 0.386 e. The van der Waals surface area contributed by atoms with E-state index in [0.29, 0.717) is 6.54 Å². The molecule has 0 aliphatic heterocycles. The number of aliphatic imine (C=N–C) groups is 1. The molecule has 7 heteroatoms. The van der Waals surface area contributed by atoms with Gasteiger partial charge in [0.05, 0.1) is 6.54 Å². The first-order valence-electron chi connectivity index (χ1n) is 9.09. The summed E-state index contributed by atoms with van der Waals surface area (Å²) in [5, 5.41) is 18.2. The van der Waals surface area contributed by atoms with Crippen molar-refractivity contribution in [2.24, 2.45) is 4.99 Å². The van der Waals surface area contributed by atoms with Gasteiger partial charge in [-0.25, -0.2) is 0 Å². The molecule has 3 N–H and O–H groups in total. The summed E-state index contributed by atoms with van der Waals surface area (Å²) in [4.78, 5) is 7.87. The second-order valence-corrected chi connectivity index (χ2v) is 6.99. The molecule has 1 aromatic heterocycles. The van der Waals surface area contributed by atoms with Gasteiger partial charge in [0.15, 0.2) is 5.96 Å². The van der Waals surface area contributed by atoms with Gasteiger partial charge < -0.3 is 20.6 Å². The molecule has 2 aromatic rings. The molecule has 146 valence electrons. The number of aliphatic hydroxyl groups excluding tert-OH is 1. The van der Waals surface area contributed by atoms with Crippen molar-refractivity contribution in [1.82, 2.24) is 15.5 Å². The van der Waals surface area contributed by atoms with Gasteiger partial charge in [0, 0.05) is 29.2 Å². The van der Waals surface area contributed by atoms with Crippen LogP contribution in [0.2, 0.25) is 0 Å². The Labute approximate surface area is 177 Å². The van der Waals surface area contributed by atoms with Crippen LogP contribution in [0, 0.1) is 0 Å². The number of guanidine groups is 1. The monoisotopic (exact) mass is 490 g/mol. The van der Waals surface area contributed by atoms with E-state index >= 15 is 0 Å². The lowest BCUT2D eigenvalue weighted by atomic mass is 10.2. The minimum absolute atomic E-state index is 0. The molecule has 1 heterocycles. The van der Waals surface area contributed by atoms with E-state index in [-0.39, 0.29) is 24.0 Å². The fourth-order valence-corrected chi connectivity index (χ4v) is 3.69. The third kappa shape index (κ3) is 7.02. The molecule has 5 nitrogen and oxygen atoms in total. The van der Waals surface area contributed by atoms with Gasteiger partial charge in [-0.05, 0) is 37.5 Å². The molecule has 1 aromatic carbocycles. The van der Waals surface area contributed by atoms with Crippen LogP contribution in [0.1, 0.15) is 31.8 Å². The molecular formula is C19H31IN4OS. The van der Waals surface area contributed by atoms with E-state index in [9.17, 15) is 5.11 Å². The maximum Gasteiger partial charge on any atom is 0.191 e. The average molecular weight is 490 g/mol. The molecule has 2 rings (SSSR count). The van der Waals surface area contributed by atoms with Crippen molar-refractivity contribution in [3.05, 3.63) is 35.2 Å². The maximum absolute atomic E-state index is 10.5. The minimum Gasteiger partial charge on any atom is -0.386 e. The van der Waals surface area contributed by atoms with Crippen LogP contribution in [-0.4, -0.2) is 55.2 Å². The van der Waals surface area contributed by atoms with Crippen LogP contribution in [0.25, 0.3) is 10.1 Å². The Hall–Kier alpha value is -0.900. The SMILES string of the molecule is CCNC(=NCC(O)c1cc2ccccc2s1)NCCN(CC)CC.I. The van der Waals surface area contributed by atoms with E-state index in [0.717, 1.165) is 43.6 Å². The van der Waals surface area contributed by atoms with Crippen molar-refractivity contribution in [3.63, 3.8) is 0 Å². The summed E-state index contributed by atoms with van der Waals surface area (Å²) in [5.41, 5.74) is 0. The normalized spacial score (nSPS) is 12.9. The zero-order valence-corrected chi connectivity index (χ0v) is 19.0. The molecule has 0 aliphatic rings. The molecular weight excluding hydrogens is 459 g/mol. The fraction of sp³-hybridized carbons (Fsp3) is 0.526. The Bertz CT molecular complexity index is 639. The van der Waals surface area contributed by atoms with Crippen LogP contribution in [0.3, 0.4) is 0 Å². The highest BCUT2D eigenvalue weighted by atomic mass is 127. The molecule has 1 atom stereocenters. The number of hydrogen-bond donors (Lipinski definition) is 3. The van der Waals surface area contributed by atoms with E-state index in [1.54, 1.807) is 11.3 Å². The van der Waals surface area contributed by atoms with Crippen molar-refractivity contribution in [3.8, 4) is 0 Å². The molecule has 0 saturated carbocycles. The second-order valence-electron chi connectivity index (χ2n) is 5.88. The molecule has 1 unspecified atom stereocenters. The Morgan fingerprint density at radius 3 is 2.58 bits per heavy atom. The number of hydrogen-bond acceptors (Lipinski definition) is 4. The van der Waals surface area contributed by atoms with Crippen LogP contribution in [-0.2, 0) is 0 Å². The lowest BCUT2D eigenvalue weighted by Gasteiger charge is -2.19. The molecule has 0 spiro atoms. The second kappa shape index (κ2) is 12.5. The molecule has 26 heavy (non-hydrogen) atoms. The summed E-state index contributed by atoms with van der Waals surface area (Å²) in [5.74, 6) is 0.759. The third-order valence-electron chi connectivity index (χ3n) is 4.15. The zero-order valence-electron chi connectivity index (χ0n) is 15.9. The maximum atomic E-state index is 10.5. The van der Waals surface area contributed by atoms with Gasteiger partial charge >= 0.3 is 0 Å². The summed E-state index contributed by atoms with van der Waals surface area (Å²) in [6.45, 7) is 11.5. The minimum atomic E-state index is -0.573. The molecule has 0 radical (unpaired) electrons. The number of benzene rings is 1. The number of likely N-dealkylation sites (N-methyl/N-ethyl adjacent to an activating group) is 1. The summed E-state index contributed by atoms with van der Waals surface area (Å²) in [7, 11) is 0. The van der Waals surface area contributed by atoms with E-state index in [1.165, 1.54) is 10.1 Å². The van der Waals surface area contributed by atoms with Crippen molar-refractivity contribution < 1.29 is 5.11 Å². The first-order chi connectivity index (χ1) is 12.2. The standard InChI is InChI=1S/C19H30N4OS.HI/c1-4-20-19(21-11-12-23(5-2)6-3)22-14-16(24)18-13-15-9-7-8-10-17(15)25-18;/h7-10,13,16,24H,4-6,11-12,14H2,1-3H3,(H2,20,21,22);1H. The lowest BCUT2D eigenvalue weighted by molar-refractivity contribution is 0.191. The molecule has 0 amide bonds. The van der Waals surface area contributed by atoms with Crippen molar-refractivity contribution in [1.29, 1.82) is 0 Å².